The molecule has 0 aliphatic carbocycles. The average molecular weight is 262 g/mol. The van der Waals surface area contributed by atoms with Crippen LogP contribution in [0.15, 0.2) is 23.8 Å². The summed E-state index contributed by atoms with van der Waals surface area (Å²) in [5.74, 6) is -2.65. The Kier molecular flexibility index (Phi) is 2.76. The molecule has 0 amide bonds. The van der Waals surface area contributed by atoms with E-state index in [9.17, 15) is 22.4 Å². The van der Waals surface area contributed by atoms with Gasteiger partial charge in [-0.25, -0.2) is 9.18 Å². The lowest BCUT2D eigenvalue weighted by Gasteiger charge is -2.26. The van der Waals surface area contributed by atoms with Gasteiger partial charge in [0.05, 0.1) is 5.57 Å². The third kappa shape index (κ3) is 2.15. The van der Waals surface area contributed by atoms with E-state index in [1.807, 2.05) is 0 Å². The van der Waals surface area contributed by atoms with Gasteiger partial charge in [0.25, 0.3) is 0 Å². The van der Waals surface area contributed by atoms with Crippen LogP contribution < -0.4 is 4.74 Å². The van der Waals surface area contributed by atoms with Crippen molar-refractivity contribution in [3.8, 4) is 5.75 Å². The van der Waals surface area contributed by atoms with Crippen LogP contribution in [0.1, 0.15) is 5.56 Å². The average Bonchev–Trinajstić information content (AvgIpc) is 2.25. The molecule has 1 N–H and O–H groups in total. The van der Waals surface area contributed by atoms with E-state index in [4.69, 9.17) is 5.11 Å². The number of halogens is 4. The van der Waals surface area contributed by atoms with Gasteiger partial charge in [-0.1, -0.05) is 0 Å². The second-order valence-corrected chi connectivity index (χ2v) is 3.63. The summed E-state index contributed by atoms with van der Waals surface area (Å²) in [4.78, 5) is 10.8. The van der Waals surface area contributed by atoms with Gasteiger partial charge in [0, 0.05) is 5.56 Å². The third-order valence-corrected chi connectivity index (χ3v) is 2.35. The third-order valence-electron chi connectivity index (χ3n) is 2.35. The van der Waals surface area contributed by atoms with E-state index in [0.29, 0.717) is 0 Å². The maximum Gasteiger partial charge on any atom is 0.430 e. The molecular weight excluding hydrogens is 256 g/mol. The van der Waals surface area contributed by atoms with E-state index in [-0.39, 0.29) is 11.3 Å². The van der Waals surface area contributed by atoms with Crippen molar-refractivity contribution in [1.29, 1.82) is 0 Å². The molecule has 18 heavy (non-hydrogen) atoms. The summed E-state index contributed by atoms with van der Waals surface area (Å²) < 4.78 is 55.3. The largest absolute Gasteiger partial charge is 0.478 e. The van der Waals surface area contributed by atoms with E-state index >= 15 is 0 Å². The second-order valence-electron chi connectivity index (χ2n) is 3.63. The number of carboxylic acid groups (broad SMARTS) is 1. The molecule has 1 aromatic rings. The zero-order chi connectivity index (χ0) is 13.5. The minimum absolute atomic E-state index is 0.0344. The molecule has 0 saturated heterocycles. The molecule has 1 heterocycles. The topological polar surface area (TPSA) is 46.5 Å². The number of hydrogen-bond donors (Lipinski definition) is 1. The fourth-order valence-electron chi connectivity index (χ4n) is 1.59. The Bertz CT molecular complexity index is 534. The molecule has 2 rings (SSSR count). The van der Waals surface area contributed by atoms with Crippen molar-refractivity contribution in [2.75, 3.05) is 0 Å². The predicted octanol–water partition coefficient (Wildman–Crippen LogP) is 2.62. The Morgan fingerprint density at radius 1 is 1.33 bits per heavy atom. The smallest absolute Gasteiger partial charge is 0.430 e. The van der Waals surface area contributed by atoms with E-state index in [2.05, 4.69) is 4.74 Å². The highest BCUT2D eigenvalue weighted by molar-refractivity contribution is 5.95. The first-order chi connectivity index (χ1) is 8.29. The van der Waals surface area contributed by atoms with Crippen molar-refractivity contribution in [2.24, 2.45) is 0 Å². The van der Waals surface area contributed by atoms with Gasteiger partial charge in [-0.3, -0.25) is 0 Å². The van der Waals surface area contributed by atoms with Gasteiger partial charge >= 0.3 is 12.1 Å². The number of ether oxygens (including phenoxy) is 1. The van der Waals surface area contributed by atoms with E-state index in [0.717, 1.165) is 24.3 Å². The molecule has 1 atom stereocenters. The molecule has 96 valence electrons. The highest BCUT2D eigenvalue weighted by atomic mass is 19.4. The lowest BCUT2D eigenvalue weighted by atomic mass is 10.0. The number of carbonyl (C=O) groups is 1. The molecule has 0 unspecified atom stereocenters. The van der Waals surface area contributed by atoms with Crippen molar-refractivity contribution in [2.45, 2.75) is 12.3 Å². The number of fused-ring (bicyclic) bond motifs is 1. The number of aliphatic carboxylic acids is 1. The number of rotatable bonds is 1. The van der Waals surface area contributed by atoms with Crippen LogP contribution in [0.5, 0.6) is 5.75 Å². The summed E-state index contributed by atoms with van der Waals surface area (Å²) in [6.45, 7) is 0. The van der Waals surface area contributed by atoms with E-state index < -0.39 is 29.6 Å². The number of benzene rings is 1. The minimum atomic E-state index is -4.85. The minimum Gasteiger partial charge on any atom is -0.478 e. The summed E-state index contributed by atoms with van der Waals surface area (Å²) in [6.07, 6.45) is -6.63. The van der Waals surface area contributed by atoms with Gasteiger partial charge < -0.3 is 9.84 Å². The Hall–Kier alpha value is -2.05. The maximum atomic E-state index is 12.9. The summed E-state index contributed by atoms with van der Waals surface area (Å²) in [6, 6.07) is 2.87. The maximum absolute atomic E-state index is 12.9. The molecule has 1 aliphatic rings. The van der Waals surface area contributed by atoms with Gasteiger partial charge in [-0.2, -0.15) is 13.2 Å². The molecule has 0 radical (unpaired) electrons. The number of hydrogen-bond acceptors (Lipinski definition) is 2. The van der Waals surface area contributed by atoms with Crippen LogP contribution in [0, 0.1) is 5.82 Å². The highest BCUT2D eigenvalue weighted by Gasteiger charge is 2.48. The van der Waals surface area contributed by atoms with Gasteiger partial charge in [0.2, 0.25) is 6.10 Å². The first-order valence-corrected chi connectivity index (χ1v) is 4.77. The van der Waals surface area contributed by atoms with Crippen molar-refractivity contribution in [3.63, 3.8) is 0 Å². The Morgan fingerprint density at radius 3 is 2.56 bits per heavy atom. The summed E-state index contributed by atoms with van der Waals surface area (Å²) in [5.41, 5.74) is -1.01. The first kappa shape index (κ1) is 12.4. The van der Waals surface area contributed by atoms with Crippen LogP contribution in [0.2, 0.25) is 0 Å². The normalized spacial score (nSPS) is 18.7. The van der Waals surface area contributed by atoms with Crippen molar-refractivity contribution >= 4 is 12.0 Å². The number of carboxylic acids is 1. The van der Waals surface area contributed by atoms with Crippen molar-refractivity contribution in [1.82, 2.24) is 0 Å². The SMILES string of the molecule is O=C(O)C1=Cc2cc(F)ccc2O[C@@H]1C(F)(F)F. The second kappa shape index (κ2) is 4.01. The van der Waals surface area contributed by atoms with E-state index in [1.54, 1.807) is 0 Å². The molecule has 3 nitrogen and oxygen atoms in total. The Morgan fingerprint density at radius 2 is 2.00 bits per heavy atom. The molecule has 0 bridgehead atoms. The van der Waals surface area contributed by atoms with Gasteiger partial charge in [0.15, 0.2) is 0 Å². The van der Waals surface area contributed by atoms with Crippen LogP contribution in [-0.2, 0) is 4.79 Å². The molecule has 0 aromatic heterocycles. The fourth-order valence-corrected chi connectivity index (χ4v) is 1.59. The van der Waals surface area contributed by atoms with Crippen LogP contribution in [0.3, 0.4) is 0 Å². The standard InChI is InChI=1S/C11H6F4O3/c12-6-1-2-8-5(3-6)4-7(10(16)17)9(18-8)11(13,14)15/h1-4,9H,(H,16,17)/t9-/m0/s1. The first-order valence-electron chi connectivity index (χ1n) is 4.77. The zero-order valence-electron chi connectivity index (χ0n) is 8.66. The highest BCUT2D eigenvalue weighted by Crippen LogP contribution is 2.37. The monoisotopic (exact) mass is 262 g/mol. The molecule has 0 spiro atoms. The lowest BCUT2D eigenvalue weighted by Crippen LogP contribution is -2.40. The van der Waals surface area contributed by atoms with Crippen molar-refractivity contribution in [3.05, 3.63) is 35.2 Å². The van der Waals surface area contributed by atoms with Crippen LogP contribution >= 0.6 is 0 Å². The molecular formula is C11H6F4O3. The fraction of sp³-hybridized carbons (Fsp3) is 0.182. The van der Waals surface area contributed by atoms with Crippen LogP contribution in [0.25, 0.3) is 6.08 Å². The molecule has 1 aliphatic heterocycles. The zero-order valence-corrected chi connectivity index (χ0v) is 8.66. The van der Waals surface area contributed by atoms with Crippen LogP contribution in [0.4, 0.5) is 17.6 Å². The van der Waals surface area contributed by atoms with Crippen molar-refractivity contribution < 1.29 is 32.2 Å². The summed E-state index contributed by atoms with van der Waals surface area (Å²) >= 11 is 0. The predicted molar refractivity (Wildman–Crippen MR) is 52.5 cm³/mol. The van der Waals surface area contributed by atoms with Gasteiger partial charge in [-0.05, 0) is 24.3 Å². The van der Waals surface area contributed by atoms with Gasteiger partial charge in [0.1, 0.15) is 11.6 Å². The van der Waals surface area contributed by atoms with Gasteiger partial charge in [-0.15, -0.1) is 0 Å². The summed E-state index contributed by atoms with van der Waals surface area (Å²) in [7, 11) is 0. The van der Waals surface area contributed by atoms with E-state index in [1.165, 1.54) is 0 Å². The Labute approximate surface area is 98.3 Å². The number of alkyl halides is 3. The molecule has 1 aromatic carbocycles. The Balaban J connectivity index is 2.53. The van der Waals surface area contributed by atoms with Crippen LogP contribution in [-0.4, -0.2) is 23.4 Å². The molecule has 0 fully saturated rings. The quantitative estimate of drug-likeness (QED) is 0.791. The molecule has 7 heteroatoms. The summed E-state index contributed by atoms with van der Waals surface area (Å²) in [5, 5.41) is 8.72. The lowest BCUT2D eigenvalue weighted by molar-refractivity contribution is -0.187. The molecule has 0 saturated carbocycles.